The van der Waals surface area contributed by atoms with E-state index in [1.165, 1.54) is 17.7 Å². The van der Waals surface area contributed by atoms with Gasteiger partial charge in [0.25, 0.3) is 11.8 Å². The van der Waals surface area contributed by atoms with Crippen LogP contribution in [-0.2, 0) is 14.4 Å². The molecule has 0 unspecified atom stereocenters. The summed E-state index contributed by atoms with van der Waals surface area (Å²) in [5, 5.41) is 2.03. The van der Waals surface area contributed by atoms with Crippen molar-refractivity contribution in [1.29, 1.82) is 0 Å². The number of benzene rings is 1. The van der Waals surface area contributed by atoms with Gasteiger partial charge in [-0.25, -0.2) is 0 Å². The second kappa shape index (κ2) is 8.11. The van der Waals surface area contributed by atoms with E-state index in [2.05, 4.69) is 19.1 Å². The molecule has 0 fully saturated rings. The van der Waals surface area contributed by atoms with Crippen LogP contribution < -0.4 is 5.32 Å². The molecule has 0 aromatic heterocycles. The minimum atomic E-state index is -0.329. The smallest absolute Gasteiger partial charge is 0.250 e. The largest absolute Gasteiger partial charge is 0.307 e. The molecule has 0 saturated heterocycles. The summed E-state index contributed by atoms with van der Waals surface area (Å²) in [5.41, 5.74) is 1.32. The molecule has 2 rings (SSSR count). The van der Waals surface area contributed by atoms with E-state index in [4.69, 9.17) is 4.79 Å². The molecule has 0 radical (unpaired) electrons. The maximum Gasteiger partial charge on any atom is 0.250 e. The molecule has 4 heteroatoms. The normalized spacial score (nSPS) is 11.8. The number of aryl methyl sites for hydroxylation is 1. The van der Waals surface area contributed by atoms with E-state index >= 15 is 0 Å². The number of imide groups is 1. The standard InChI is InChI=1S/C7H8.C4H3NO2.CH2O/c1-7-5-3-2-4-6-7;6-3-1-2-4(7)5-3;1-2/h2-6H,1H3;1-2H,(H,5,6,7);1H2. The van der Waals surface area contributed by atoms with Gasteiger partial charge >= 0.3 is 0 Å². The minimum Gasteiger partial charge on any atom is -0.307 e. The minimum absolute atomic E-state index is 0.329. The molecule has 1 aliphatic heterocycles. The molecule has 1 aromatic carbocycles. The highest BCUT2D eigenvalue weighted by Gasteiger charge is 2.06. The third-order valence-corrected chi connectivity index (χ3v) is 1.57. The van der Waals surface area contributed by atoms with Gasteiger partial charge in [-0.15, -0.1) is 0 Å². The molecule has 0 saturated carbocycles. The van der Waals surface area contributed by atoms with Crippen molar-refractivity contribution < 1.29 is 14.4 Å². The number of nitrogens with one attached hydrogen (secondary N) is 1. The van der Waals surface area contributed by atoms with Crippen molar-refractivity contribution in [2.45, 2.75) is 6.92 Å². The fraction of sp³-hybridized carbons (Fsp3) is 0.0833. The molecule has 1 aliphatic rings. The van der Waals surface area contributed by atoms with E-state index in [-0.39, 0.29) is 11.8 Å². The average molecular weight is 219 g/mol. The molecule has 1 aromatic rings. The molecule has 1 N–H and O–H groups in total. The van der Waals surface area contributed by atoms with E-state index in [0.717, 1.165) is 0 Å². The predicted molar refractivity (Wildman–Crippen MR) is 60.6 cm³/mol. The first-order valence-corrected chi connectivity index (χ1v) is 4.52. The average Bonchev–Trinajstić information content (AvgIpc) is 2.67. The Balaban J connectivity index is 0.000000244. The first kappa shape index (κ1) is 13.8. The van der Waals surface area contributed by atoms with E-state index in [1.54, 1.807) is 0 Å². The lowest BCUT2D eigenvalue weighted by Gasteiger charge is -1.82. The van der Waals surface area contributed by atoms with Crippen molar-refractivity contribution in [3.8, 4) is 0 Å². The van der Waals surface area contributed by atoms with E-state index in [9.17, 15) is 9.59 Å². The van der Waals surface area contributed by atoms with Crippen LogP contribution in [0.5, 0.6) is 0 Å². The summed E-state index contributed by atoms with van der Waals surface area (Å²) < 4.78 is 0. The number of carbonyl (C=O) groups is 3. The molecule has 0 spiro atoms. The zero-order valence-electron chi connectivity index (χ0n) is 8.97. The third-order valence-electron chi connectivity index (χ3n) is 1.57. The Bertz CT molecular complexity index is 355. The zero-order chi connectivity index (χ0) is 12.4. The van der Waals surface area contributed by atoms with Crippen LogP contribution >= 0.6 is 0 Å². The van der Waals surface area contributed by atoms with Crippen LogP contribution in [0.15, 0.2) is 42.5 Å². The molecule has 0 aliphatic carbocycles. The molecule has 84 valence electrons. The Morgan fingerprint density at radius 1 is 0.938 bits per heavy atom. The predicted octanol–water partition coefficient (Wildman–Crippen LogP) is 1.01. The number of amides is 2. The SMILES string of the molecule is C=O.Cc1ccccc1.O=C1C=CC(=O)N1. The second-order valence-electron chi connectivity index (χ2n) is 2.84. The summed E-state index contributed by atoms with van der Waals surface area (Å²) in [6.07, 6.45) is 2.39. The van der Waals surface area contributed by atoms with Crippen LogP contribution in [0, 0.1) is 6.92 Å². The lowest BCUT2D eigenvalue weighted by molar-refractivity contribution is -0.123. The Labute approximate surface area is 94.0 Å². The van der Waals surface area contributed by atoms with Crippen LogP contribution in [0.2, 0.25) is 0 Å². The highest BCUT2D eigenvalue weighted by molar-refractivity contribution is 6.12. The van der Waals surface area contributed by atoms with E-state index in [0.29, 0.717) is 0 Å². The monoisotopic (exact) mass is 219 g/mol. The number of hydrogen-bond donors (Lipinski definition) is 1. The fourth-order valence-electron chi connectivity index (χ4n) is 0.891. The lowest BCUT2D eigenvalue weighted by atomic mass is 10.2. The zero-order valence-corrected chi connectivity index (χ0v) is 8.97. The Morgan fingerprint density at radius 3 is 1.56 bits per heavy atom. The quantitative estimate of drug-likeness (QED) is 0.662. The van der Waals surface area contributed by atoms with Gasteiger partial charge in [0.05, 0.1) is 0 Å². The van der Waals surface area contributed by atoms with Crippen molar-refractivity contribution >= 4 is 18.6 Å². The Kier molecular flexibility index (Phi) is 6.98. The summed E-state index contributed by atoms with van der Waals surface area (Å²) in [5.74, 6) is -0.657. The Hall–Kier alpha value is -2.23. The van der Waals surface area contributed by atoms with Crippen LogP contribution in [0.4, 0.5) is 0 Å². The van der Waals surface area contributed by atoms with Crippen molar-refractivity contribution in [2.24, 2.45) is 0 Å². The van der Waals surface area contributed by atoms with Gasteiger partial charge in [-0.1, -0.05) is 35.9 Å². The molecule has 2 amide bonds. The molecule has 1 heterocycles. The van der Waals surface area contributed by atoms with Crippen LogP contribution in [0.1, 0.15) is 5.56 Å². The summed E-state index contributed by atoms with van der Waals surface area (Å²) in [6.45, 7) is 4.08. The van der Waals surface area contributed by atoms with Gasteiger partial charge in [0, 0.05) is 12.2 Å². The van der Waals surface area contributed by atoms with Gasteiger partial charge < -0.3 is 4.79 Å². The highest BCUT2D eigenvalue weighted by atomic mass is 16.2. The van der Waals surface area contributed by atoms with Crippen molar-refractivity contribution in [3.63, 3.8) is 0 Å². The van der Waals surface area contributed by atoms with Crippen molar-refractivity contribution in [1.82, 2.24) is 5.32 Å². The van der Waals surface area contributed by atoms with Gasteiger partial charge in [-0.2, -0.15) is 0 Å². The fourth-order valence-corrected chi connectivity index (χ4v) is 0.891. The number of rotatable bonds is 0. The van der Waals surface area contributed by atoms with Crippen LogP contribution in [0.3, 0.4) is 0 Å². The maximum atomic E-state index is 10.0. The summed E-state index contributed by atoms with van der Waals surface area (Å²) in [6, 6.07) is 10.3. The second-order valence-corrected chi connectivity index (χ2v) is 2.84. The van der Waals surface area contributed by atoms with Gasteiger partial charge in [-0.05, 0) is 6.92 Å². The van der Waals surface area contributed by atoms with Gasteiger partial charge in [0.15, 0.2) is 0 Å². The number of carbonyl (C=O) groups excluding carboxylic acids is 3. The van der Waals surface area contributed by atoms with Gasteiger partial charge in [-0.3, -0.25) is 14.9 Å². The number of hydrogen-bond acceptors (Lipinski definition) is 3. The third kappa shape index (κ3) is 6.26. The van der Waals surface area contributed by atoms with Gasteiger partial charge in [0.1, 0.15) is 6.79 Å². The molecule has 4 nitrogen and oxygen atoms in total. The lowest BCUT2D eigenvalue weighted by Crippen LogP contribution is -2.19. The first-order valence-electron chi connectivity index (χ1n) is 4.52. The molecule has 0 atom stereocenters. The Morgan fingerprint density at radius 2 is 1.38 bits per heavy atom. The topological polar surface area (TPSA) is 63.2 Å². The molecule has 16 heavy (non-hydrogen) atoms. The maximum absolute atomic E-state index is 10.0. The summed E-state index contributed by atoms with van der Waals surface area (Å²) >= 11 is 0. The van der Waals surface area contributed by atoms with Crippen LogP contribution in [-0.4, -0.2) is 18.6 Å². The van der Waals surface area contributed by atoms with Gasteiger partial charge in [0.2, 0.25) is 0 Å². The molecular weight excluding hydrogens is 206 g/mol. The van der Waals surface area contributed by atoms with E-state index < -0.39 is 0 Å². The summed E-state index contributed by atoms with van der Waals surface area (Å²) in [4.78, 5) is 28.1. The summed E-state index contributed by atoms with van der Waals surface area (Å²) in [7, 11) is 0. The molecular formula is C12H13NO3. The van der Waals surface area contributed by atoms with Crippen LogP contribution in [0.25, 0.3) is 0 Å². The molecule has 0 bridgehead atoms. The van der Waals surface area contributed by atoms with Crippen molar-refractivity contribution in [2.75, 3.05) is 0 Å². The first-order chi connectivity index (χ1) is 7.68. The van der Waals surface area contributed by atoms with E-state index in [1.807, 2.05) is 30.3 Å². The highest BCUT2D eigenvalue weighted by Crippen LogP contribution is 1.92. The van der Waals surface area contributed by atoms with Crippen molar-refractivity contribution in [3.05, 3.63) is 48.0 Å².